The third-order valence-electron chi connectivity index (χ3n) is 2.36. The van der Waals surface area contributed by atoms with Crippen molar-refractivity contribution in [1.29, 1.82) is 0 Å². The number of benzene rings is 1. The standard InChI is InChI=1S/C13H18O3/c1-3-11-7-4-5-8-12(11)16-10-6-9-13(14)15-2/h4-5,7-8H,3,6,9-10H2,1-2H3. The zero-order chi connectivity index (χ0) is 11.8. The average molecular weight is 222 g/mol. The Morgan fingerprint density at radius 3 is 2.75 bits per heavy atom. The number of aryl methyl sites for hydroxylation is 1. The summed E-state index contributed by atoms with van der Waals surface area (Å²) >= 11 is 0. The number of hydrogen-bond acceptors (Lipinski definition) is 3. The molecule has 0 saturated carbocycles. The fourth-order valence-electron chi connectivity index (χ4n) is 1.44. The first kappa shape index (κ1) is 12.6. The third kappa shape index (κ3) is 3.93. The Labute approximate surface area is 96.4 Å². The van der Waals surface area contributed by atoms with Gasteiger partial charge in [0, 0.05) is 6.42 Å². The Hall–Kier alpha value is -1.51. The van der Waals surface area contributed by atoms with E-state index >= 15 is 0 Å². The van der Waals surface area contributed by atoms with Gasteiger partial charge in [0.2, 0.25) is 0 Å². The summed E-state index contributed by atoms with van der Waals surface area (Å²) in [6.07, 6.45) is 2.04. The van der Waals surface area contributed by atoms with E-state index in [9.17, 15) is 4.79 Å². The Morgan fingerprint density at radius 2 is 2.06 bits per heavy atom. The van der Waals surface area contributed by atoms with Gasteiger partial charge >= 0.3 is 5.97 Å². The second-order valence-electron chi connectivity index (χ2n) is 3.49. The van der Waals surface area contributed by atoms with Gasteiger partial charge in [-0.25, -0.2) is 0 Å². The highest BCUT2D eigenvalue weighted by Gasteiger charge is 2.02. The number of ether oxygens (including phenoxy) is 2. The fraction of sp³-hybridized carbons (Fsp3) is 0.462. The molecule has 0 aromatic heterocycles. The Kier molecular flexibility index (Phi) is 5.40. The van der Waals surface area contributed by atoms with Crippen molar-refractivity contribution in [3.05, 3.63) is 29.8 Å². The lowest BCUT2D eigenvalue weighted by Gasteiger charge is -2.09. The van der Waals surface area contributed by atoms with Gasteiger partial charge in [-0.15, -0.1) is 0 Å². The number of hydrogen-bond donors (Lipinski definition) is 0. The minimum atomic E-state index is -0.188. The molecular weight excluding hydrogens is 204 g/mol. The van der Waals surface area contributed by atoms with E-state index in [4.69, 9.17) is 4.74 Å². The van der Waals surface area contributed by atoms with Gasteiger partial charge in [0.15, 0.2) is 0 Å². The molecule has 0 amide bonds. The smallest absolute Gasteiger partial charge is 0.305 e. The van der Waals surface area contributed by atoms with Crippen LogP contribution in [0.2, 0.25) is 0 Å². The molecule has 0 heterocycles. The Balaban J connectivity index is 2.34. The third-order valence-corrected chi connectivity index (χ3v) is 2.36. The van der Waals surface area contributed by atoms with Crippen LogP contribution < -0.4 is 4.74 Å². The van der Waals surface area contributed by atoms with E-state index in [1.807, 2.05) is 18.2 Å². The second-order valence-corrected chi connectivity index (χ2v) is 3.49. The van der Waals surface area contributed by atoms with Crippen molar-refractivity contribution in [2.75, 3.05) is 13.7 Å². The molecule has 1 rings (SSSR count). The minimum Gasteiger partial charge on any atom is -0.493 e. The van der Waals surface area contributed by atoms with Gasteiger partial charge in [-0.05, 0) is 24.5 Å². The molecule has 0 aliphatic carbocycles. The van der Waals surface area contributed by atoms with Crippen LogP contribution >= 0.6 is 0 Å². The van der Waals surface area contributed by atoms with Gasteiger partial charge < -0.3 is 9.47 Å². The molecule has 1 aromatic carbocycles. The van der Waals surface area contributed by atoms with Gasteiger partial charge in [-0.1, -0.05) is 25.1 Å². The SMILES string of the molecule is CCc1ccccc1OCCCC(=O)OC. The van der Waals surface area contributed by atoms with E-state index < -0.39 is 0 Å². The summed E-state index contributed by atoms with van der Waals surface area (Å²) in [7, 11) is 1.40. The normalized spacial score (nSPS) is 9.88. The maximum Gasteiger partial charge on any atom is 0.305 e. The summed E-state index contributed by atoms with van der Waals surface area (Å²) in [6.45, 7) is 2.64. The first-order valence-electron chi connectivity index (χ1n) is 5.55. The highest BCUT2D eigenvalue weighted by Crippen LogP contribution is 2.18. The molecule has 0 aliphatic heterocycles. The molecule has 1 aromatic rings. The molecule has 0 N–H and O–H groups in total. The van der Waals surface area contributed by atoms with Gasteiger partial charge in [-0.2, -0.15) is 0 Å². The Bertz CT molecular complexity index is 334. The molecule has 88 valence electrons. The molecule has 0 fully saturated rings. The van der Waals surface area contributed by atoms with Gasteiger partial charge in [-0.3, -0.25) is 4.79 Å². The molecule has 0 unspecified atom stereocenters. The molecule has 0 spiro atoms. The molecule has 3 nitrogen and oxygen atoms in total. The highest BCUT2D eigenvalue weighted by atomic mass is 16.5. The van der Waals surface area contributed by atoms with Crippen LogP contribution in [0.1, 0.15) is 25.3 Å². The van der Waals surface area contributed by atoms with E-state index in [2.05, 4.69) is 17.7 Å². The fourth-order valence-corrected chi connectivity index (χ4v) is 1.44. The van der Waals surface area contributed by atoms with Crippen molar-refractivity contribution in [2.45, 2.75) is 26.2 Å². The number of methoxy groups -OCH3 is 1. The van der Waals surface area contributed by atoms with Crippen LogP contribution in [0.4, 0.5) is 0 Å². The van der Waals surface area contributed by atoms with Crippen LogP contribution in [0.3, 0.4) is 0 Å². The first-order valence-corrected chi connectivity index (χ1v) is 5.55. The molecule has 0 saturated heterocycles. The van der Waals surface area contributed by atoms with E-state index in [-0.39, 0.29) is 5.97 Å². The zero-order valence-electron chi connectivity index (χ0n) is 9.86. The summed E-state index contributed by atoms with van der Waals surface area (Å²) in [6, 6.07) is 7.96. The van der Waals surface area contributed by atoms with Gasteiger partial charge in [0.25, 0.3) is 0 Å². The molecule has 0 radical (unpaired) electrons. The molecule has 16 heavy (non-hydrogen) atoms. The van der Waals surface area contributed by atoms with E-state index in [1.165, 1.54) is 12.7 Å². The quantitative estimate of drug-likeness (QED) is 0.548. The predicted octanol–water partition coefficient (Wildman–Crippen LogP) is 2.58. The molecule has 0 aliphatic rings. The maximum absolute atomic E-state index is 10.9. The van der Waals surface area contributed by atoms with Gasteiger partial charge in [0.05, 0.1) is 13.7 Å². The lowest BCUT2D eigenvalue weighted by atomic mass is 10.1. The Morgan fingerprint density at radius 1 is 1.31 bits per heavy atom. The molecule has 0 atom stereocenters. The van der Waals surface area contributed by atoms with E-state index in [0.717, 1.165) is 12.2 Å². The first-order chi connectivity index (χ1) is 7.77. The van der Waals surface area contributed by atoms with Crippen LogP contribution in [-0.4, -0.2) is 19.7 Å². The topological polar surface area (TPSA) is 35.5 Å². The summed E-state index contributed by atoms with van der Waals surface area (Å²) in [5, 5.41) is 0. The van der Waals surface area contributed by atoms with Crippen molar-refractivity contribution >= 4 is 5.97 Å². The van der Waals surface area contributed by atoms with Crippen molar-refractivity contribution in [3.63, 3.8) is 0 Å². The number of para-hydroxylation sites is 1. The van der Waals surface area contributed by atoms with Crippen molar-refractivity contribution < 1.29 is 14.3 Å². The zero-order valence-corrected chi connectivity index (χ0v) is 9.86. The molecule has 0 bridgehead atoms. The summed E-state index contributed by atoms with van der Waals surface area (Å²) in [4.78, 5) is 10.9. The van der Waals surface area contributed by atoms with Crippen LogP contribution in [0.15, 0.2) is 24.3 Å². The maximum atomic E-state index is 10.9. The summed E-state index contributed by atoms with van der Waals surface area (Å²) < 4.78 is 10.2. The van der Waals surface area contributed by atoms with Gasteiger partial charge in [0.1, 0.15) is 5.75 Å². The van der Waals surface area contributed by atoms with E-state index in [0.29, 0.717) is 19.4 Å². The van der Waals surface area contributed by atoms with E-state index in [1.54, 1.807) is 0 Å². The summed E-state index contributed by atoms with van der Waals surface area (Å²) in [5.74, 6) is 0.724. The lowest BCUT2D eigenvalue weighted by molar-refractivity contribution is -0.140. The summed E-state index contributed by atoms with van der Waals surface area (Å²) in [5.41, 5.74) is 1.19. The number of carbonyl (C=O) groups excluding carboxylic acids is 1. The van der Waals surface area contributed by atoms with Crippen molar-refractivity contribution in [2.24, 2.45) is 0 Å². The van der Waals surface area contributed by atoms with Crippen LogP contribution in [0.25, 0.3) is 0 Å². The van der Waals surface area contributed by atoms with Crippen LogP contribution in [0, 0.1) is 0 Å². The van der Waals surface area contributed by atoms with Crippen molar-refractivity contribution in [1.82, 2.24) is 0 Å². The number of esters is 1. The molecular formula is C13H18O3. The average Bonchev–Trinajstić information content (AvgIpc) is 2.34. The highest BCUT2D eigenvalue weighted by molar-refractivity contribution is 5.69. The minimum absolute atomic E-state index is 0.188. The number of carbonyl (C=O) groups is 1. The number of rotatable bonds is 6. The molecule has 3 heteroatoms. The largest absolute Gasteiger partial charge is 0.493 e. The monoisotopic (exact) mass is 222 g/mol. The second kappa shape index (κ2) is 6.88. The lowest BCUT2D eigenvalue weighted by Crippen LogP contribution is -2.05. The van der Waals surface area contributed by atoms with Crippen molar-refractivity contribution in [3.8, 4) is 5.75 Å². The van der Waals surface area contributed by atoms with Crippen LogP contribution in [-0.2, 0) is 16.0 Å². The predicted molar refractivity (Wildman–Crippen MR) is 62.6 cm³/mol. The van der Waals surface area contributed by atoms with Crippen LogP contribution in [0.5, 0.6) is 5.75 Å².